The van der Waals surface area contributed by atoms with Crippen LogP contribution in [0.5, 0.6) is 0 Å². The molecular weight excluding hydrogens is 378 g/mol. The Balaban J connectivity index is 2.61. The molecule has 1 amide bonds. The Kier molecular flexibility index (Phi) is 8.62. The van der Waals surface area contributed by atoms with Crippen LogP contribution in [-0.2, 0) is 24.3 Å². The second-order valence-corrected chi connectivity index (χ2v) is 6.87. The van der Waals surface area contributed by atoms with Gasteiger partial charge in [-0.05, 0) is 43.4 Å². The number of amides is 1. The van der Waals surface area contributed by atoms with Gasteiger partial charge in [-0.3, -0.25) is 10.1 Å². The first kappa shape index (κ1) is 21.5. The minimum Gasteiger partial charge on any atom is -0.463 e. The molecule has 8 nitrogen and oxygen atoms in total. The lowest BCUT2D eigenvalue weighted by molar-refractivity contribution is -0.137. The monoisotopic (exact) mass is 397 g/mol. The van der Waals surface area contributed by atoms with Crippen LogP contribution < -0.4 is 15.4 Å². The van der Waals surface area contributed by atoms with Gasteiger partial charge in [0.15, 0.2) is 5.11 Å². The number of hydrogen-bond donors (Lipinski definition) is 3. The highest BCUT2D eigenvalue weighted by atomic mass is 32.2. The molecule has 0 saturated carbocycles. The molecule has 3 N–H and O–H groups in total. The molecule has 0 atom stereocenters. The third-order valence-corrected chi connectivity index (χ3v) is 4.38. The first-order chi connectivity index (χ1) is 12.3. The zero-order valence-electron chi connectivity index (χ0n) is 14.0. The number of carbonyl (C=O) groups is 2. The van der Waals surface area contributed by atoms with Gasteiger partial charge in [0.1, 0.15) is 0 Å². The number of ether oxygens (including phenoxy) is 1. The highest BCUT2D eigenvalue weighted by molar-refractivity contribution is 7.89. The summed E-state index contributed by atoms with van der Waals surface area (Å²) in [5, 5.41) is 5.06. The maximum atomic E-state index is 11.9. The minimum absolute atomic E-state index is 0.0103. The van der Waals surface area contributed by atoms with E-state index in [1.807, 2.05) is 0 Å². The van der Waals surface area contributed by atoms with Crippen LogP contribution in [0.2, 0.25) is 0 Å². The van der Waals surface area contributed by atoms with Crippen LogP contribution in [0.3, 0.4) is 0 Å². The van der Waals surface area contributed by atoms with Gasteiger partial charge >= 0.3 is 5.97 Å². The SMILES string of the molecule is C=CCNS(=O)(=O)c1ccc(NC(=S)NC(=O)/C=C/C(=O)OCC)cc1. The van der Waals surface area contributed by atoms with E-state index >= 15 is 0 Å². The maximum Gasteiger partial charge on any atom is 0.330 e. The van der Waals surface area contributed by atoms with Gasteiger partial charge in [0.2, 0.25) is 15.9 Å². The van der Waals surface area contributed by atoms with E-state index in [0.717, 1.165) is 12.2 Å². The Morgan fingerprint density at radius 3 is 2.46 bits per heavy atom. The van der Waals surface area contributed by atoms with Crippen LogP contribution in [0.25, 0.3) is 0 Å². The second kappa shape index (κ2) is 10.4. The summed E-state index contributed by atoms with van der Waals surface area (Å²) in [5.41, 5.74) is 0.479. The fourth-order valence-electron chi connectivity index (χ4n) is 1.62. The van der Waals surface area contributed by atoms with Gasteiger partial charge in [-0.1, -0.05) is 6.08 Å². The third kappa shape index (κ3) is 7.55. The summed E-state index contributed by atoms with van der Waals surface area (Å²) in [6.45, 7) is 5.42. The fraction of sp³-hybridized carbons (Fsp3) is 0.188. The summed E-state index contributed by atoms with van der Waals surface area (Å²) >= 11 is 4.97. The molecule has 140 valence electrons. The average molecular weight is 397 g/mol. The lowest BCUT2D eigenvalue weighted by Crippen LogP contribution is -2.33. The Labute approximate surface area is 157 Å². The highest BCUT2D eigenvalue weighted by Gasteiger charge is 2.12. The highest BCUT2D eigenvalue weighted by Crippen LogP contribution is 2.13. The molecule has 0 bridgehead atoms. The molecule has 0 radical (unpaired) electrons. The Morgan fingerprint density at radius 2 is 1.88 bits per heavy atom. The topological polar surface area (TPSA) is 114 Å². The average Bonchev–Trinajstić information content (AvgIpc) is 2.59. The summed E-state index contributed by atoms with van der Waals surface area (Å²) in [7, 11) is -3.61. The molecule has 10 heteroatoms. The third-order valence-electron chi connectivity index (χ3n) is 2.73. The summed E-state index contributed by atoms with van der Waals surface area (Å²) < 4.78 is 30.9. The van der Waals surface area contributed by atoms with Gasteiger partial charge < -0.3 is 10.1 Å². The van der Waals surface area contributed by atoms with Gasteiger partial charge in [0.25, 0.3) is 0 Å². The van der Waals surface area contributed by atoms with Crippen molar-refractivity contribution in [2.24, 2.45) is 0 Å². The fourth-order valence-corrected chi connectivity index (χ4v) is 2.84. The normalized spacial score (nSPS) is 11.0. The molecule has 26 heavy (non-hydrogen) atoms. The minimum atomic E-state index is -3.61. The van der Waals surface area contributed by atoms with Crippen molar-refractivity contribution in [1.29, 1.82) is 0 Å². The molecule has 0 unspecified atom stereocenters. The predicted octanol–water partition coefficient (Wildman–Crippen LogP) is 1.08. The molecule has 0 spiro atoms. The number of nitrogens with one attached hydrogen (secondary N) is 3. The van der Waals surface area contributed by atoms with Crippen molar-refractivity contribution in [2.75, 3.05) is 18.5 Å². The first-order valence-corrected chi connectivity index (χ1v) is 9.35. The summed E-state index contributed by atoms with van der Waals surface area (Å²) in [6, 6.07) is 5.77. The maximum absolute atomic E-state index is 11.9. The molecule has 1 aromatic rings. The second-order valence-electron chi connectivity index (χ2n) is 4.69. The summed E-state index contributed by atoms with van der Waals surface area (Å²) in [5.74, 6) is -1.24. The smallest absolute Gasteiger partial charge is 0.330 e. The van der Waals surface area contributed by atoms with Gasteiger partial charge in [-0.2, -0.15) is 0 Å². The van der Waals surface area contributed by atoms with Crippen molar-refractivity contribution in [2.45, 2.75) is 11.8 Å². The molecule has 1 rings (SSSR count). The quantitative estimate of drug-likeness (QED) is 0.260. The van der Waals surface area contributed by atoms with Gasteiger partial charge in [0.05, 0.1) is 11.5 Å². The number of thiocarbonyl (C=S) groups is 1. The van der Waals surface area contributed by atoms with E-state index in [-0.39, 0.29) is 23.2 Å². The number of hydrogen-bond acceptors (Lipinski definition) is 6. The lowest BCUT2D eigenvalue weighted by atomic mass is 10.3. The molecule has 0 aliphatic heterocycles. The van der Waals surface area contributed by atoms with Crippen molar-refractivity contribution in [3.63, 3.8) is 0 Å². The summed E-state index contributed by atoms with van der Waals surface area (Å²) in [6.07, 6.45) is 3.41. The van der Waals surface area contributed by atoms with Crippen LogP contribution in [0, 0.1) is 0 Å². The van der Waals surface area contributed by atoms with Crippen molar-refractivity contribution < 1.29 is 22.7 Å². The van der Waals surface area contributed by atoms with Crippen molar-refractivity contribution in [3.8, 4) is 0 Å². The molecule has 1 aromatic carbocycles. The molecule has 0 aliphatic rings. The predicted molar refractivity (Wildman–Crippen MR) is 102 cm³/mol. The molecule has 0 fully saturated rings. The Hall–Kier alpha value is -2.56. The number of esters is 1. The molecule has 0 aliphatic carbocycles. The molecule has 0 saturated heterocycles. The molecule has 0 aromatic heterocycles. The van der Waals surface area contributed by atoms with Gasteiger partial charge in [0, 0.05) is 24.4 Å². The van der Waals surface area contributed by atoms with E-state index in [4.69, 9.17) is 12.2 Å². The zero-order chi connectivity index (χ0) is 19.6. The molecule has 0 heterocycles. The molecular formula is C16H19N3O5S2. The van der Waals surface area contributed by atoms with Crippen molar-refractivity contribution in [1.82, 2.24) is 10.0 Å². The number of anilines is 1. The van der Waals surface area contributed by atoms with Crippen LogP contribution in [0.1, 0.15) is 6.92 Å². The van der Waals surface area contributed by atoms with Gasteiger partial charge in [-0.25, -0.2) is 17.9 Å². The van der Waals surface area contributed by atoms with E-state index in [1.165, 1.54) is 30.3 Å². The number of sulfonamides is 1. The van der Waals surface area contributed by atoms with Crippen molar-refractivity contribution in [3.05, 3.63) is 49.1 Å². The van der Waals surface area contributed by atoms with E-state index in [2.05, 4.69) is 26.7 Å². The lowest BCUT2D eigenvalue weighted by Gasteiger charge is -2.09. The first-order valence-electron chi connectivity index (χ1n) is 7.46. The van der Waals surface area contributed by atoms with Crippen LogP contribution in [-0.4, -0.2) is 38.6 Å². The van der Waals surface area contributed by atoms with E-state index in [9.17, 15) is 18.0 Å². The van der Waals surface area contributed by atoms with E-state index < -0.39 is 21.9 Å². The van der Waals surface area contributed by atoms with Crippen molar-refractivity contribution >= 4 is 44.9 Å². The number of benzene rings is 1. The van der Waals surface area contributed by atoms with Gasteiger partial charge in [-0.15, -0.1) is 6.58 Å². The van der Waals surface area contributed by atoms with E-state index in [1.54, 1.807) is 6.92 Å². The number of rotatable bonds is 8. The zero-order valence-corrected chi connectivity index (χ0v) is 15.7. The largest absolute Gasteiger partial charge is 0.463 e. The standard InChI is InChI=1S/C16H19N3O5S2/c1-3-11-17-26(22,23)13-7-5-12(6-8-13)18-16(25)19-14(20)9-10-15(21)24-4-2/h3,5-10,17H,1,4,11H2,2H3,(H2,18,19,20,25)/b10-9+. The van der Waals surface area contributed by atoms with Crippen LogP contribution in [0.15, 0.2) is 54.0 Å². The number of carbonyl (C=O) groups excluding carboxylic acids is 2. The summed E-state index contributed by atoms with van der Waals surface area (Å²) in [4.78, 5) is 22.8. The van der Waals surface area contributed by atoms with E-state index in [0.29, 0.717) is 5.69 Å². The van der Waals surface area contributed by atoms with Crippen LogP contribution >= 0.6 is 12.2 Å². The Bertz CT molecular complexity index is 802. The van der Waals surface area contributed by atoms with Crippen LogP contribution in [0.4, 0.5) is 5.69 Å². The Morgan fingerprint density at radius 1 is 1.23 bits per heavy atom.